The van der Waals surface area contributed by atoms with Gasteiger partial charge in [0.05, 0.1) is 24.9 Å². The second-order valence-electron chi connectivity index (χ2n) is 9.08. The van der Waals surface area contributed by atoms with Crippen molar-refractivity contribution >= 4 is 11.8 Å². The van der Waals surface area contributed by atoms with Gasteiger partial charge in [0.1, 0.15) is 24.4 Å². The zero-order valence-electron chi connectivity index (χ0n) is 20.1. The molecule has 0 spiro atoms. The molecule has 2 aromatic carbocycles. The van der Waals surface area contributed by atoms with Crippen LogP contribution in [0.4, 0.5) is 0 Å². The molecule has 3 rings (SSSR count). The number of aliphatic hydroxyl groups excluding tert-OH is 6. The van der Waals surface area contributed by atoms with Gasteiger partial charge < -0.3 is 40.7 Å². The highest BCUT2D eigenvalue weighted by Gasteiger charge is 2.44. The number of ether oxygens (including phenoxy) is 1. The second kappa shape index (κ2) is 13.7. The number of rotatable bonds is 11. The van der Waals surface area contributed by atoms with E-state index in [1.807, 2.05) is 60.7 Å². The van der Waals surface area contributed by atoms with Gasteiger partial charge in [0.2, 0.25) is 5.91 Å². The third kappa shape index (κ3) is 7.87. The first-order chi connectivity index (χ1) is 17.7. The fourth-order valence-corrected chi connectivity index (χ4v) is 4.14. The molecular weight excluding hydrogens is 484 g/mol. The Labute approximate surface area is 214 Å². The van der Waals surface area contributed by atoms with Crippen LogP contribution in [-0.4, -0.2) is 97.8 Å². The Kier molecular flexibility index (Phi) is 10.7. The molecule has 2 aromatic rings. The molecule has 11 nitrogen and oxygen atoms in total. The highest BCUT2D eigenvalue weighted by Crippen LogP contribution is 2.24. The molecule has 0 saturated carbocycles. The Balaban J connectivity index is 1.61. The number of amides is 2. The van der Waals surface area contributed by atoms with E-state index in [0.29, 0.717) is 6.54 Å². The van der Waals surface area contributed by atoms with Crippen LogP contribution in [0.25, 0.3) is 0 Å². The zero-order chi connectivity index (χ0) is 26.9. The topological polar surface area (TPSA) is 189 Å². The van der Waals surface area contributed by atoms with E-state index in [-0.39, 0.29) is 6.42 Å². The molecule has 1 aliphatic heterocycles. The molecular formula is C26H34N2O9. The van der Waals surface area contributed by atoms with Gasteiger partial charge in [-0.1, -0.05) is 60.7 Å². The van der Waals surface area contributed by atoms with E-state index in [4.69, 9.17) is 4.74 Å². The molecule has 0 bridgehead atoms. The molecule has 37 heavy (non-hydrogen) atoms. The predicted molar refractivity (Wildman–Crippen MR) is 131 cm³/mol. The third-order valence-electron chi connectivity index (χ3n) is 6.34. The molecule has 0 radical (unpaired) electrons. The summed E-state index contributed by atoms with van der Waals surface area (Å²) in [5.41, 5.74) is 1.77. The minimum atomic E-state index is -2.05. The minimum Gasteiger partial charge on any atom is -0.394 e. The van der Waals surface area contributed by atoms with Crippen molar-refractivity contribution in [1.82, 2.24) is 10.6 Å². The summed E-state index contributed by atoms with van der Waals surface area (Å²) in [4.78, 5) is 25.6. The number of aliphatic hydroxyl groups is 6. The van der Waals surface area contributed by atoms with Crippen molar-refractivity contribution in [3.05, 3.63) is 71.8 Å². The van der Waals surface area contributed by atoms with Crippen LogP contribution in [0.2, 0.25) is 0 Å². The Morgan fingerprint density at radius 2 is 1.38 bits per heavy atom. The van der Waals surface area contributed by atoms with Gasteiger partial charge in [0, 0.05) is 13.0 Å². The summed E-state index contributed by atoms with van der Waals surface area (Å²) in [6, 6.07) is 17.7. The average Bonchev–Trinajstić information content (AvgIpc) is 2.91. The Morgan fingerprint density at radius 1 is 0.811 bits per heavy atom. The first-order valence-electron chi connectivity index (χ1n) is 12.0. The van der Waals surface area contributed by atoms with Crippen molar-refractivity contribution in [3.8, 4) is 0 Å². The highest BCUT2D eigenvalue weighted by atomic mass is 16.5. The summed E-state index contributed by atoms with van der Waals surface area (Å²) in [7, 11) is 0. The quantitative estimate of drug-likeness (QED) is 0.165. The lowest BCUT2D eigenvalue weighted by Crippen LogP contribution is -2.59. The van der Waals surface area contributed by atoms with Crippen molar-refractivity contribution in [3.63, 3.8) is 0 Å². The molecule has 1 heterocycles. The largest absolute Gasteiger partial charge is 0.394 e. The van der Waals surface area contributed by atoms with Crippen LogP contribution in [0, 0.1) is 0 Å². The van der Waals surface area contributed by atoms with E-state index in [2.05, 4.69) is 10.6 Å². The van der Waals surface area contributed by atoms with Crippen LogP contribution in [-0.2, 0) is 27.3 Å². The van der Waals surface area contributed by atoms with E-state index in [1.165, 1.54) is 0 Å². The number of nitrogens with one attached hydrogen (secondary N) is 2. The molecule has 8 N–H and O–H groups in total. The molecule has 1 aliphatic rings. The van der Waals surface area contributed by atoms with Crippen molar-refractivity contribution in [2.24, 2.45) is 0 Å². The van der Waals surface area contributed by atoms with Gasteiger partial charge in [-0.15, -0.1) is 0 Å². The van der Waals surface area contributed by atoms with E-state index in [9.17, 15) is 40.2 Å². The first-order valence-corrected chi connectivity index (χ1v) is 12.0. The number of hydrogen-bond donors (Lipinski definition) is 8. The third-order valence-corrected chi connectivity index (χ3v) is 6.34. The van der Waals surface area contributed by atoms with Gasteiger partial charge in [-0.25, -0.2) is 0 Å². The van der Waals surface area contributed by atoms with E-state index >= 15 is 0 Å². The molecule has 202 valence electrons. The molecule has 1 fully saturated rings. The molecule has 11 heteroatoms. The van der Waals surface area contributed by atoms with Gasteiger partial charge in [-0.05, 0) is 17.5 Å². The summed E-state index contributed by atoms with van der Waals surface area (Å²) in [6.07, 6.45) is -11.4. The molecule has 0 aliphatic carbocycles. The van der Waals surface area contributed by atoms with Gasteiger partial charge in [0.25, 0.3) is 5.91 Å². The summed E-state index contributed by atoms with van der Waals surface area (Å²) in [5, 5.41) is 65.1. The summed E-state index contributed by atoms with van der Waals surface area (Å²) < 4.78 is 5.30. The maximum absolute atomic E-state index is 13.0. The van der Waals surface area contributed by atoms with Crippen LogP contribution in [0.15, 0.2) is 60.7 Å². The molecule has 0 aromatic heterocycles. The van der Waals surface area contributed by atoms with Crippen LogP contribution in [0.3, 0.4) is 0 Å². The standard InChI is InChI=1S/C26H34N2O9/c29-14-20-23(33)24(34)22(32)19(37-20)12-18(30)21(31)26(36)28-25(35)17(11-15-7-3-1-4-8-15)27-13-16-9-5-2-6-10-16/h1-10,17-24,27,29-34H,11-14H2,(H,28,35,36)/t17-,18?,19+,20+,21?,22+,23+,24+/m0/s1. The van der Waals surface area contributed by atoms with Crippen molar-refractivity contribution in [2.45, 2.75) is 68.2 Å². The monoisotopic (exact) mass is 518 g/mol. The van der Waals surface area contributed by atoms with Gasteiger partial charge >= 0.3 is 0 Å². The van der Waals surface area contributed by atoms with Crippen LogP contribution in [0.1, 0.15) is 17.5 Å². The number of benzene rings is 2. The molecule has 1 saturated heterocycles. The van der Waals surface area contributed by atoms with Crippen molar-refractivity contribution in [1.29, 1.82) is 0 Å². The van der Waals surface area contributed by atoms with E-state index in [0.717, 1.165) is 11.1 Å². The van der Waals surface area contributed by atoms with E-state index < -0.39 is 73.6 Å². The SMILES string of the molecule is O=C(NC(=O)[C@H](Cc1ccccc1)NCc1ccccc1)C(O)C(O)C[C@H]1O[C@H](CO)[C@@H](O)[C@H](O)[C@@H]1O. The lowest BCUT2D eigenvalue weighted by Gasteiger charge is -2.40. The number of imide groups is 1. The van der Waals surface area contributed by atoms with Crippen LogP contribution < -0.4 is 10.6 Å². The van der Waals surface area contributed by atoms with Gasteiger partial charge in [-0.3, -0.25) is 14.9 Å². The van der Waals surface area contributed by atoms with Crippen molar-refractivity contribution in [2.75, 3.05) is 6.61 Å². The second-order valence-corrected chi connectivity index (χ2v) is 9.08. The Hall–Kier alpha value is -2.74. The average molecular weight is 519 g/mol. The smallest absolute Gasteiger partial charge is 0.258 e. The van der Waals surface area contributed by atoms with Crippen LogP contribution >= 0.6 is 0 Å². The highest BCUT2D eigenvalue weighted by molar-refractivity contribution is 5.99. The summed E-state index contributed by atoms with van der Waals surface area (Å²) in [5.74, 6) is -1.86. The minimum absolute atomic E-state index is 0.260. The molecule has 8 atom stereocenters. The zero-order valence-corrected chi connectivity index (χ0v) is 20.1. The summed E-state index contributed by atoms with van der Waals surface area (Å²) in [6.45, 7) is -0.309. The maximum atomic E-state index is 13.0. The lowest BCUT2D eigenvalue weighted by molar-refractivity contribution is -0.236. The number of carbonyl (C=O) groups excluding carboxylic acids is 2. The molecule has 2 unspecified atom stereocenters. The number of carbonyl (C=O) groups is 2. The summed E-state index contributed by atoms with van der Waals surface area (Å²) >= 11 is 0. The maximum Gasteiger partial charge on any atom is 0.258 e. The predicted octanol–water partition coefficient (Wildman–Crippen LogP) is -2.02. The van der Waals surface area contributed by atoms with Gasteiger partial charge in [-0.2, -0.15) is 0 Å². The molecule has 2 amide bonds. The fraction of sp³-hybridized carbons (Fsp3) is 0.462. The van der Waals surface area contributed by atoms with Crippen molar-refractivity contribution < 1.29 is 45.0 Å². The fourth-order valence-electron chi connectivity index (χ4n) is 4.14. The normalized spacial score (nSPS) is 26.2. The Bertz CT molecular complexity index is 992. The van der Waals surface area contributed by atoms with E-state index in [1.54, 1.807) is 0 Å². The Morgan fingerprint density at radius 3 is 1.97 bits per heavy atom. The van der Waals surface area contributed by atoms with Gasteiger partial charge in [0.15, 0.2) is 6.10 Å². The first kappa shape index (κ1) is 28.8. The lowest BCUT2D eigenvalue weighted by atomic mass is 9.91. The number of hydrogen-bond acceptors (Lipinski definition) is 10. The van der Waals surface area contributed by atoms with Crippen LogP contribution in [0.5, 0.6) is 0 Å².